The van der Waals surface area contributed by atoms with E-state index >= 15 is 0 Å². The van der Waals surface area contributed by atoms with E-state index < -0.39 is 0 Å². The highest BCUT2D eigenvalue weighted by atomic mass is 35.5. The number of likely N-dealkylation sites (tertiary alicyclic amines) is 1. The molecule has 0 unspecified atom stereocenters. The lowest BCUT2D eigenvalue weighted by atomic mass is 10.0. The number of carbonyl (C=O) groups is 1. The minimum Gasteiger partial charge on any atom is -0.507 e. The smallest absolute Gasteiger partial charge is 0.255 e. The van der Waals surface area contributed by atoms with Crippen LogP contribution in [0.1, 0.15) is 23.2 Å². The van der Waals surface area contributed by atoms with Gasteiger partial charge in [0, 0.05) is 24.2 Å². The predicted molar refractivity (Wildman–Crippen MR) is 75.7 cm³/mol. The number of amides is 1. The topological polar surface area (TPSA) is 76.4 Å². The van der Waals surface area contributed by atoms with Crippen molar-refractivity contribution >= 4 is 17.5 Å². The first-order valence-electron chi connectivity index (χ1n) is 6.49. The first-order chi connectivity index (χ1) is 9.60. The van der Waals surface area contributed by atoms with Crippen molar-refractivity contribution in [2.75, 3.05) is 19.6 Å². The number of piperidine rings is 1. The van der Waals surface area contributed by atoms with Gasteiger partial charge in [0.25, 0.3) is 5.91 Å². The maximum absolute atomic E-state index is 12.1. The Bertz CT molecular complexity index is 534. The summed E-state index contributed by atoms with van der Waals surface area (Å²) in [4.78, 5) is 14.1. The van der Waals surface area contributed by atoms with Crippen molar-refractivity contribution in [1.29, 1.82) is 5.26 Å². The number of phenols is 1. The second kappa shape index (κ2) is 6.60. The SMILES string of the molecule is N#CCN1CCC(NC(=O)c2ccc(Cl)cc2O)CC1. The molecular formula is C14H16ClN3O2. The van der Waals surface area contributed by atoms with Crippen LogP contribution in [0, 0.1) is 11.3 Å². The molecule has 1 aliphatic rings. The normalized spacial score (nSPS) is 16.6. The highest BCUT2D eigenvalue weighted by Gasteiger charge is 2.21. The van der Waals surface area contributed by atoms with Crippen molar-refractivity contribution < 1.29 is 9.90 Å². The molecule has 0 saturated carbocycles. The zero-order valence-corrected chi connectivity index (χ0v) is 11.7. The number of nitrogens with one attached hydrogen (secondary N) is 1. The van der Waals surface area contributed by atoms with Gasteiger partial charge >= 0.3 is 0 Å². The van der Waals surface area contributed by atoms with Crippen LogP contribution < -0.4 is 5.32 Å². The number of phenolic OH excluding ortho intramolecular Hbond substituents is 1. The highest BCUT2D eigenvalue weighted by molar-refractivity contribution is 6.30. The first kappa shape index (κ1) is 14.6. The van der Waals surface area contributed by atoms with E-state index in [1.165, 1.54) is 12.1 Å². The summed E-state index contributed by atoms with van der Waals surface area (Å²) >= 11 is 5.74. The van der Waals surface area contributed by atoms with E-state index in [1.807, 2.05) is 0 Å². The van der Waals surface area contributed by atoms with Gasteiger partial charge in [-0.15, -0.1) is 0 Å². The zero-order valence-electron chi connectivity index (χ0n) is 11.0. The summed E-state index contributed by atoms with van der Waals surface area (Å²) in [6.07, 6.45) is 1.61. The van der Waals surface area contributed by atoms with Gasteiger partial charge in [0.1, 0.15) is 5.75 Å². The fourth-order valence-electron chi connectivity index (χ4n) is 2.30. The second-order valence-corrected chi connectivity index (χ2v) is 5.28. The molecule has 5 nitrogen and oxygen atoms in total. The van der Waals surface area contributed by atoms with Gasteiger partial charge in [0.15, 0.2) is 0 Å². The monoisotopic (exact) mass is 293 g/mol. The largest absolute Gasteiger partial charge is 0.507 e. The third-order valence-electron chi connectivity index (χ3n) is 3.42. The molecule has 2 rings (SSSR count). The van der Waals surface area contributed by atoms with Crippen LogP contribution in [0.25, 0.3) is 0 Å². The number of nitrogens with zero attached hydrogens (tertiary/aromatic N) is 2. The Morgan fingerprint density at radius 2 is 2.20 bits per heavy atom. The molecule has 0 bridgehead atoms. The number of halogens is 1. The average molecular weight is 294 g/mol. The van der Waals surface area contributed by atoms with E-state index in [1.54, 1.807) is 6.07 Å². The number of carbonyl (C=O) groups excluding carboxylic acids is 1. The standard InChI is InChI=1S/C14H16ClN3O2/c15-10-1-2-12(13(19)9-10)14(20)17-11-3-6-18(7-4-11)8-5-16/h1-2,9,11,19H,3-4,6-8H2,(H,17,20). The molecule has 20 heavy (non-hydrogen) atoms. The highest BCUT2D eigenvalue weighted by Crippen LogP contribution is 2.22. The summed E-state index contributed by atoms with van der Waals surface area (Å²) in [6.45, 7) is 2.02. The number of nitriles is 1. The van der Waals surface area contributed by atoms with Crippen LogP contribution in [0.2, 0.25) is 5.02 Å². The summed E-state index contributed by atoms with van der Waals surface area (Å²) in [5, 5.41) is 21.6. The van der Waals surface area contributed by atoms with Crippen LogP contribution in [-0.4, -0.2) is 41.6 Å². The average Bonchev–Trinajstić information content (AvgIpc) is 2.41. The minimum absolute atomic E-state index is 0.0764. The van der Waals surface area contributed by atoms with E-state index in [0.717, 1.165) is 25.9 Å². The van der Waals surface area contributed by atoms with Crippen molar-refractivity contribution in [3.05, 3.63) is 28.8 Å². The fraction of sp³-hybridized carbons (Fsp3) is 0.429. The summed E-state index contributed by atoms with van der Waals surface area (Å²) in [6, 6.07) is 6.64. The van der Waals surface area contributed by atoms with Gasteiger partial charge in [-0.3, -0.25) is 9.69 Å². The van der Waals surface area contributed by atoms with Crippen molar-refractivity contribution in [2.24, 2.45) is 0 Å². The number of hydrogen-bond donors (Lipinski definition) is 2. The third-order valence-corrected chi connectivity index (χ3v) is 3.66. The molecular weight excluding hydrogens is 278 g/mol. The van der Waals surface area contributed by atoms with Crippen LogP contribution in [0.4, 0.5) is 0 Å². The maximum atomic E-state index is 12.1. The van der Waals surface area contributed by atoms with Crippen LogP contribution >= 0.6 is 11.6 Å². The van der Waals surface area contributed by atoms with Gasteiger partial charge in [-0.1, -0.05) is 11.6 Å². The molecule has 1 saturated heterocycles. The molecule has 0 aromatic heterocycles. The van der Waals surface area contributed by atoms with E-state index in [-0.39, 0.29) is 23.3 Å². The first-order valence-corrected chi connectivity index (χ1v) is 6.86. The van der Waals surface area contributed by atoms with E-state index in [9.17, 15) is 9.90 Å². The number of aromatic hydroxyl groups is 1. The van der Waals surface area contributed by atoms with E-state index in [2.05, 4.69) is 16.3 Å². The molecule has 0 atom stereocenters. The van der Waals surface area contributed by atoms with Crippen LogP contribution in [0.5, 0.6) is 5.75 Å². The number of benzene rings is 1. The Morgan fingerprint density at radius 3 is 2.80 bits per heavy atom. The van der Waals surface area contributed by atoms with Crippen molar-refractivity contribution in [1.82, 2.24) is 10.2 Å². The van der Waals surface area contributed by atoms with Gasteiger partial charge in [-0.05, 0) is 31.0 Å². The lowest BCUT2D eigenvalue weighted by molar-refractivity contribution is 0.0911. The van der Waals surface area contributed by atoms with E-state index in [0.29, 0.717) is 11.6 Å². The Morgan fingerprint density at radius 1 is 1.50 bits per heavy atom. The van der Waals surface area contributed by atoms with Crippen molar-refractivity contribution in [3.63, 3.8) is 0 Å². The number of rotatable bonds is 3. The Kier molecular flexibility index (Phi) is 4.83. The summed E-state index contributed by atoms with van der Waals surface area (Å²) in [5.74, 6) is -0.408. The Hall–Kier alpha value is -1.77. The van der Waals surface area contributed by atoms with Gasteiger partial charge in [0.05, 0.1) is 18.2 Å². The molecule has 0 aliphatic carbocycles. The molecule has 2 N–H and O–H groups in total. The quantitative estimate of drug-likeness (QED) is 0.833. The number of hydrogen-bond acceptors (Lipinski definition) is 4. The van der Waals surface area contributed by atoms with Crippen LogP contribution in [-0.2, 0) is 0 Å². The lowest BCUT2D eigenvalue weighted by Crippen LogP contribution is -2.44. The molecule has 0 spiro atoms. The van der Waals surface area contributed by atoms with Crippen LogP contribution in [0.15, 0.2) is 18.2 Å². The van der Waals surface area contributed by atoms with Gasteiger partial charge in [0.2, 0.25) is 0 Å². The fourth-order valence-corrected chi connectivity index (χ4v) is 2.46. The summed E-state index contributed by atoms with van der Waals surface area (Å²) in [7, 11) is 0. The van der Waals surface area contributed by atoms with Crippen molar-refractivity contribution in [2.45, 2.75) is 18.9 Å². The lowest BCUT2D eigenvalue weighted by Gasteiger charge is -2.30. The third kappa shape index (κ3) is 3.62. The van der Waals surface area contributed by atoms with Crippen LogP contribution in [0.3, 0.4) is 0 Å². The predicted octanol–water partition coefficient (Wildman–Crippen LogP) is 1.76. The molecule has 0 radical (unpaired) electrons. The zero-order chi connectivity index (χ0) is 14.5. The van der Waals surface area contributed by atoms with E-state index in [4.69, 9.17) is 16.9 Å². The molecule has 1 fully saturated rings. The minimum atomic E-state index is -0.294. The second-order valence-electron chi connectivity index (χ2n) is 4.84. The molecule has 6 heteroatoms. The van der Waals surface area contributed by atoms with Gasteiger partial charge < -0.3 is 10.4 Å². The molecule has 1 heterocycles. The van der Waals surface area contributed by atoms with Gasteiger partial charge in [-0.2, -0.15) is 5.26 Å². The summed E-state index contributed by atoms with van der Waals surface area (Å²) < 4.78 is 0. The maximum Gasteiger partial charge on any atom is 0.255 e. The molecule has 1 aromatic carbocycles. The van der Waals surface area contributed by atoms with Gasteiger partial charge in [-0.25, -0.2) is 0 Å². The molecule has 1 aromatic rings. The van der Waals surface area contributed by atoms with Crippen molar-refractivity contribution in [3.8, 4) is 11.8 Å². The Balaban J connectivity index is 1.91. The summed E-state index contributed by atoms with van der Waals surface area (Å²) in [5.41, 5.74) is 0.230. The molecule has 1 amide bonds. The molecule has 106 valence electrons. The molecule has 1 aliphatic heterocycles. The Labute approximate surface area is 122 Å².